The van der Waals surface area contributed by atoms with Gasteiger partial charge in [0, 0.05) is 22.5 Å². The zero-order valence-corrected chi connectivity index (χ0v) is 9.62. The molecule has 1 N–H and O–H groups in total. The third-order valence-corrected chi connectivity index (χ3v) is 2.96. The highest BCUT2D eigenvalue weighted by molar-refractivity contribution is 6.05. The summed E-state index contributed by atoms with van der Waals surface area (Å²) in [5.41, 5.74) is 2.39. The molecule has 3 aromatic rings. The molecular formula is C14H13NO2. The van der Waals surface area contributed by atoms with Crippen LogP contribution in [0.15, 0.2) is 39.5 Å². The third-order valence-electron chi connectivity index (χ3n) is 2.96. The monoisotopic (exact) mass is 227 g/mol. The molecule has 0 saturated carbocycles. The predicted molar refractivity (Wildman–Crippen MR) is 68.3 cm³/mol. The Morgan fingerprint density at radius 2 is 2.06 bits per heavy atom. The van der Waals surface area contributed by atoms with Gasteiger partial charge in [-0.1, -0.05) is 31.5 Å². The fourth-order valence-electron chi connectivity index (χ4n) is 2.28. The number of hydrogen-bond donors (Lipinski definition) is 1. The van der Waals surface area contributed by atoms with Gasteiger partial charge in [-0.05, 0) is 12.5 Å². The van der Waals surface area contributed by atoms with Crippen molar-refractivity contribution in [3.8, 4) is 0 Å². The quantitative estimate of drug-likeness (QED) is 0.730. The van der Waals surface area contributed by atoms with Crippen molar-refractivity contribution in [3.63, 3.8) is 0 Å². The second kappa shape index (κ2) is 3.77. The average molecular weight is 227 g/mol. The van der Waals surface area contributed by atoms with Gasteiger partial charge in [-0.15, -0.1) is 0 Å². The van der Waals surface area contributed by atoms with E-state index in [1.165, 1.54) is 6.07 Å². The first-order valence-electron chi connectivity index (χ1n) is 5.83. The number of pyridine rings is 1. The van der Waals surface area contributed by atoms with Crippen molar-refractivity contribution in [3.05, 3.63) is 46.4 Å². The molecule has 0 amide bonds. The minimum Gasteiger partial charge on any atom is -0.456 e. The van der Waals surface area contributed by atoms with Crippen LogP contribution < -0.4 is 5.56 Å². The van der Waals surface area contributed by atoms with E-state index in [9.17, 15) is 4.79 Å². The van der Waals surface area contributed by atoms with E-state index < -0.39 is 0 Å². The smallest absolute Gasteiger partial charge is 0.251 e. The topological polar surface area (TPSA) is 46.0 Å². The van der Waals surface area contributed by atoms with Crippen molar-refractivity contribution >= 4 is 21.9 Å². The van der Waals surface area contributed by atoms with Crippen LogP contribution >= 0.6 is 0 Å². The molecule has 0 fully saturated rings. The first-order chi connectivity index (χ1) is 8.29. The molecule has 0 aliphatic rings. The summed E-state index contributed by atoms with van der Waals surface area (Å²) in [6, 6.07) is 9.40. The maximum atomic E-state index is 11.5. The van der Waals surface area contributed by atoms with Gasteiger partial charge in [0.15, 0.2) is 0 Å². The molecule has 0 aliphatic carbocycles. The lowest BCUT2D eigenvalue weighted by Gasteiger charge is -2.00. The van der Waals surface area contributed by atoms with E-state index >= 15 is 0 Å². The fraction of sp³-hybridized carbons (Fsp3) is 0.214. The van der Waals surface area contributed by atoms with Crippen LogP contribution in [0.4, 0.5) is 0 Å². The van der Waals surface area contributed by atoms with E-state index in [4.69, 9.17) is 4.42 Å². The van der Waals surface area contributed by atoms with Crippen LogP contribution in [0.25, 0.3) is 21.9 Å². The second-order valence-corrected chi connectivity index (χ2v) is 4.20. The number of rotatable bonds is 2. The van der Waals surface area contributed by atoms with E-state index in [-0.39, 0.29) is 5.56 Å². The number of hydrogen-bond acceptors (Lipinski definition) is 2. The van der Waals surface area contributed by atoms with Gasteiger partial charge in [0.1, 0.15) is 11.2 Å². The molecule has 1 aromatic carbocycles. The lowest BCUT2D eigenvalue weighted by Crippen LogP contribution is -2.07. The average Bonchev–Trinajstić information content (AvgIpc) is 2.67. The zero-order valence-electron chi connectivity index (χ0n) is 9.62. The molecule has 3 nitrogen and oxygen atoms in total. The Morgan fingerprint density at radius 1 is 1.24 bits per heavy atom. The van der Waals surface area contributed by atoms with Crippen molar-refractivity contribution in [2.75, 3.05) is 0 Å². The van der Waals surface area contributed by atoms with E-state index in [1.807, 2.05) is 24.3 Å². The summed E-state index contributed by atoms with van der Waals surface area (Å²) in [4.78, 5) is 14.5. The highest BCUT2D eigenvalue weighted by atomic mass is 16.3. The van der Waals surface area contributed by atoms with Crippen LogP contribution in [0.5, 0.6) is 0 Å². The first-order valence-corrected chi connectivity index (χ1v) is 5.83. The molecular weight excluding hydrogens is 214 g/mol. The molecule has 0 atom stereocenters. The maximum Gasteiger partial charge on any atom is 0.251 e. The minimum absolute atomic E-state index is 0.0972. The molecule has 17 heavy (non-hydrogen) atoms. The maximum absolute atomic E-state index is 11.5. The highest BCUT2D eigenvalue weighted by Crippen LogP contribution is 2.29. The Morgan fingerprint density at radius 3 is 2.88 bits per heavy atom. The minimum atomic E-state index is -0.0972. The van der Waals surface area contributed by atoms with E-state index in [0.29, 0.717) is 5.58 Å². The van der Waals surface area contributed by atoms with Gasteiger partial charge in [0.2, 0.25) is 0 Å². The largest absolute Gasteiger partial charge is 0.456 e. The summed E-state index contributed by atoms with van der Waals surface area (Å²) in [6.07, 6.45) is 1.85. The van der Waals surface area contributed by atoms with Gasteiger partial charge in [-0.3, -0.25) is 4.79 Å². The van der Waals surface area contributed by atoms with Crippen LogP contribution in [0.2, 0.25) is 0 Å². The summed E-state index contributed by atoms with van der Waals surface area (Å²) in [5.74, 6) is 0. The Labute approximate surface area is 98.1 Å². The Hall–Kier alpha value is -2.03. The van der Waals surface area contributed by atoms with E-state index in [0.717, 1.165) is 34.9 Å². The number of benzene rings is 1. The van der Waals surface area contributed by atoms with E-state index in [1.54, 1.807) is 0 Å². The molecule has 3 heteroatoms. The predicted octanol–water partition coefficient (Wildman–Crippen LogP) is 3.23. The molecule has 2 aromatic heterocycles. The SMILES string of the molecule is CCCc1[nH]c(=O)cc2oc3ccccc3c12. The van der Waals surface area contributed by atoms with Gasteiger partial charge in [-0.2, -0.15) is 0 Å². The van der Waals surface area contributed by atoms with Crippen LogP contribution in [0.3, 0.4) is 0 Å². The summed E-state index contributed by atoms with van der Waals surface area (Å²) in [7, 11) is 0. The standard InChI is InChI=1S/C14H13NO2/c1-2-5-10-14-9-6-3-4-7-11(9)17-12(14)8-13(16)15-10/h3-4,6-8H,2,5H2,1H3,(H,15,16). The van der Waals surface area contributed by atoms with Gasteiger partial charge in [0.25, 0.3) is 5.56 Å². The zero-order chi connectivity index (χ0) is 11.8. The van der Waals surface area contributed by atoms with Crippen molar-refractivity contribution in [2.24, 2.45) is 0 Å². The fourth-order valence-corrected chi connectivity index (χ4v) is 2.28. The number of H-pyrrole nitrogens is 1. The number of aromatic nitrogens is 1. The van der Waals surface area contributed by atoms with Crippen LogP contribution in [0.1, 0.15) is 19.0 Å². The first kappa shape index (κ1) is 10.1. The highest BCUT2D eigenvalue weighted by Gasteiger charge is 2.11. The molecule has 86 valence electrons. The number of nitrogens with one attached hydrogen (secondary N) is 1. The Balaban J connectivity index is 2.48. The summed E-state index contributed by atoms with van der Waals surface area (Å²) >= 11 is 0. The van der Waals surface area contributed by atoms with Crippen molar-refractivity contribution in [2.45, 2.75) is 19.8 Å². The van der Waals surface area contributed by atoms with Gasteiger partial charge in [0.05, 0.1) is 0 Å². The molecule has 0 bridgehead atoms. The molecule has 0 aliphatic heterocycles. The lowest BCUT2D eigenvalue weighted by molar-refractivity contribution is 0.667. The molecule has 3 rings (SSSR count). The summed E-state index contributed by atoms with van der Waals surface area (Å²) < 4.78 is 5.70. The molecule has 0 radical (unpaired) electrons. The molecule has 0 unspecified atom stereocenters. The number of aryl methyl sites for hydroxylation is 1. The van der Waals surface area contributed by atoms with Crippen LogP contribution in [-0.2, 0) is 6.42 Å². The molecule has 0 spiro atoms. The lowest BCUT2D eigenvalue weighted by atomic mass is 10.1. The van der Waals surface area contributed by atoms with Crippen LogP contribution in [-0.4, -0.2) is 4.98 Å². The molecule has 2 heterocycles. The van der Waals surface area contributed by atoms with Gasteiger partial charge in [-0.25, -0.2) is 0 Å². The van der Waals surface area contributed by atoms with Crippen molar-refractivity contribution < 1.29 is 4.42 Å². The summed E-state index contributed by atoms with van der Waals surface area (Å²) in [6.45, 7) is 2.10. The normalized spacial score (nSPS) is 11.4. The number of para-hydroxylation sites is 1. The molecule has 0 saturated heterocycles. The van der Waals surface area contributed by atoms with E-state index in [2.05, 4.69) is 11.9 Å². The second-order valence-electron chi connectivity index (χ2n) is 4.20. The van der Waals surface area contributed by atoms with Gasteiger partial charge < -0.3 is 9.40 Å². The third kappa shape index (κ3) is 1.55. The summed E-state index contributed by atoms with van der Waals surface area (Å²) in [5, 5.41) is 2.12. The Kier molecular flexibility index (Phi) is 2.25. The number of aromatic amines is 1. The number of fused-ring (bicyclic) bond motifs is 3. The Bertz CT molecular complexity index is 737. The van der Waals surface area contributed by atoms with Gasteiger partial charge >= 0.3 is 0 Å². The van der Waals surface area contributed by atoms with Crippen LogP contribution in [0, 0.1) is 0 Å². The number of furan rings is 1. The van der Waals surface area contributed by atoms with Crippen molar-refractivity contribution in [1.29, 1.82) is 0 Å². The van der Waals surface area contributed by atoms with Crippen molar-refractivity contribution in [1.82, 2.24) is 4.98 Å².